The highest BCUT2D eigenvalue weighted by Gasteiger charge is 2.26. The van der Waals surface area contributed by atoms with Crippen LogP contribution in [0.25, 0.3) is 0 Å². The molecule has 0 radical (unpaired) electrons. The molecule has 0 aromatic heterocycles. The van der Waals surface area contributed by atoms with E-state index in [0.717, 1.165) is 24.3 Å². The van der Waals surface area contributed by atoms with Gasteiger partial charge in [0.25, 0.3) is 10.2 Å². The molecule has 0 unspecified atom stereocenters. The number of anilines is 1. The van der Waals surface area contributed by atoms with Crippen molar-refractivity contribution in [1.29, 1.82) is 0 Å². The molecular formula is C16H27N3O3S. The predicted molar refractivity (Wildman–Crippen MR) is 92.8 cm³/mol. The van der Waals surface area contributed by atoms with Gasteiger partial charge in [0, 0.05) is 45.5 Å². The average molecular weight is 341 g/mol. The van der Waals surface area contributed by atoms with Crippen LogP contribution in [-0.4, -0.2) is 63.5 Å². The molecule has 1 fully saturated rings. The van der Waals surface area contributed by atoms with Crippen LogP contribution < -0.4 is 4.90 Å². The van der Waals surface area contributed by atoms with Crippen LogP contribution in [0.15, 0.2) is 24.3 Å². The summed E-state index contributed by atoms with van der Waals surface area (Å²) in [7, 11) is -0.216. The van der Waals surface area contributed by atoms with Crippen molar-refractivity contribution in [2.45, 2.75) is 26.4 Å². The molecule has 1 heterocycles. The van der Waals surface area contributed by atoms with Crippen LogP contribution in [-0.2, 0) is 21.5 Å². The monoisotopic (exact) mass is 341 g/mol. The lowest BCUT2D eigenvalue weighted by molar-refractivity contribution is 0.122. The fourth-order valence-corrected chi connectivity index (χ4v) is 3.84. The number of nitrogens with zero attached hydrogens (tertiary/aromatic N) is 3. The Hall–Kier alpha value is -1.15. The van der Waals surface area contributed by atoms with Gasteiger partial charge in [0.15, 0.2) is 0 Å². The van der Waals surface area contributed by atoms with Crippen LogP contribution in [0.4, 0.5) is 5.69 Å². The third-order valence-corrected chi connectivity index (χ3v) is 6.29. The van der Waals surface area contributed by atoms with Crippen LogP contribution in [0.5, 0.6) is 0 Å². The Bertz CT molecular complexity index is 613. The van der Waals surface area contributed by atoms with E-state index in [0.29, 0.717) is 19.8 Å². The van der Waals surface area contributed by atoms with E-state index in [1.54, 1.807) is 14.1 Å². The molecule has 130 valence electrons. The Labute approximate surface area is 139 Å². The molecule has 0 spiro atoms. The first-order valence-electron chi connectivity index (χ1n) is 7.94. The Morgan fingerprint density at radius 3 is 2.39 bits per heavy atom. The van der Waals surface area contributed by atoms with Crippen LogP contribution in [0.1, 0.15) is 19.4 Å². The minimum atomic E-state index is -3.46. The molecular weight excluding hydrogens is 314 g/mol. The average Bonchev–Trinajstić information content (AvgIpc) is 2.55. The second kappa shape index (κ2) is 7.61. The molecule has 23 heavy (non-hydrogen) atoms. The maximum absolute atomic E-state index is 12.6. The van der Waals surface area contributed by atoms with E-state index >= 15 is 0 Å². The minimum absolute atomic E-state index is 0.0723. The third-order valence-electron chi connectivity index (χ3n) is 4.22. The Balaban J connectivity index is 2.19. The molecule has 0 N–H and O–H groups in total. The lowest BCUT2D eigenvalue weighted by atomic mass is 10.1. The highest BCUT2D eigenvalue weighted by Crippen LogP contribution is 2.24. The van der Waals surface area contributed by atoms with Crippen molar-refractivity contribution in [3.8, 4) is 0 Å². The van der Waals surface area contributed by atoms with Crippen molar-refractivity contribution in [3.63, 3.8) is 0 Å². The minimum Gasteiger partial charge on any atom is -0.378 e. The van der Waals surface area contributed by atoms with Crippen LogP contribution in [0.3, 0.4) is 0 Å². The summed E-state index contributed by atoms with van der Waals surface area (Å²) < 4.78 is 33.4. The summed E-state index contributed by atoms with van der Waals surface area (Å²) in [5.41, 5.74) is 2.10. The molecule has 1 aliphatic heterocycles. The molecule has 1 aliphatic rings. The van der Waals surface area contributed by atoms with E-state index in [1.807, 2.05) is 38.1 Å². The quantitative estimate of drug-likeness (QED) is 0.788. The van der Waals surface area contributed by atoms with Gasteiger partial charge in [-0.15, -0.1) is 0 Å². The van der Waals surface area contributed by atoms with Crippen LogP contribution in [0, 0.1) is 0 Å². The first-order chi connectivity index (χ1) is 10.8. The molecule has 0 bridgehead atoms. The van der Waals surface area contributed by atoms with Gasteiger partial charge in [0.2, 0.25) is 0 Å². The number of hydrogen-bond donors (Lipinski definition) is 0. The van der Waals surface area contributed by atoms with E-state index < -0.39 is 10.2 Å². The first kappa shape index (κ1) is 18.2. The van der Waals surface area contributed by atoms with Crippen LogP contribution in [0.2, 0.25) is 0 Å². The van der Waals surface area contributed by atoms with Gasteiger partial charge in [-0.3, -0.25) is 0 Å². The summed E-state index contributed by atoms with van der Waals surface area (Å²) in [6.07, 6.45) is 0. The van der Waals surface area contributed by atoms with E-state index in [-0.39, 0.29) is 6.04 Å². The smallest absolute Gasteiger partial charge is 0.282 e. The molecule has 0 atom stereocenters. The zero-order chi connectivity index (χ0) is 17.0. The molecule has 1 aromatic rings. The summed E-state index contributed by atoms with van der Waals surface area (Å²) in [6, 6.07) is 7.91. The second-order valence-electron chi connectivity index (χ2n) is 6.10. The third kappa shape index (κ3) is 4.23. The van der Waals surface area contributed by atoms with Crippen molar-refractivity contribution in [3.05, 3.63) is 29.8 Å². The van der Waals surface area contributed by atoms with Crippen molar-refractivity contribution < 1.29 is 13.2 Å². The summed E-state index contributed by atoms with van der Waals surface area (Å²) >= 11 is 0. The van der Waals surface area contributed by atoms with Gasteiger partial charge in [-0.25, -0.2) is 0 Å². The molecule has 0 amide bonds. The standard InChI is InChI=1S/C16H27N3O3S/c1-14(2)18(4)23(20,21)17(3)13-15-7-5-6-8-16(15)19-9-11-22-12-10-19/h5-8,14H,9-13H2,1-4H3. The lowest BCUT2D eigenvalue weighted by Gasteiger charge is -2.32. The fraction of sp³-hybridized carbons (Fsp3) is 0.625. The van der Waals surface area contributed by atoms with E-state index in [1.165, 1.54) is 8.61 Å². The number of ether oxygens (including phenoxy) is 1. The van der Waals surface area contributed by atoms with Gasteiger partial charge in [-0.2, -0.15) is 17.0 Å². The van der Waals surface area contributed by atoms with E-state index in [2.05, 4.69) is 4.90 Å². The number of hydrogen-bond acceptors (Lipinski definition) is 4. The largest absolute Gasteiger partial charge is 0.378 e. The molecule has 0 aliphatic carbocycles. The maximum Gasteiger partial charge on any atom is 0.282 e. The fourth-order valence-electron chi connectivity index (χ4n) is 2.57. The highest BCUT2D eigenvalue weighted by atomic mass is 32.2. The number of rotatable bonds is 6. The number of benzene rings is 1. The SMILES string of the molecule is CC(C)N(C)S(=O)(=O)N(C)Cc1ccccc1N1CCOCC1. The molecule has 2 rings (SSSR count). The zero-order valence-corrected chi connectivity index (χ0v) is 15.2. The molecule has 1 saturated heterocycles. The Morgan fingerprint density at radius 1 is 1.17 bits per heavy atom. The summed E-state index contributed by atoms with van der Waals surface area (Å²) in [5, 5.41) is 0. The zero-order valence-electron chi connectivity index (χ0n) is 14.4. The summed E-state index contributed by atoms with van der Waals surface area (Å²) in [5.74, 6) is 0. The van der Waals surface area contributed by atoms with Gasteiger partial charge in [0.05, 0.1) is 13.2 Å². The molecule has 7 heteroatoms. The molecule has 6 nitrogen and oxygen atoms in total. The first-order valence-corrected chi connectivity index (χ1v) is 9.33. The van der Waals surface area contributed by atoms with Crippen LogP contribution >= 0.6 is 0 Å². The number of morpholine rings is 1. The molecule has 1 aromatic carbocycles. The van der Waals surface area contributed by atoms with Gasteiger partial charge in [0.1, 0.15) is 0 Å². The normalized spacial score (nSPS) is 16.6. The van der Waals surface area contributed by atoms with Gasteiger partial charge in [-0.05, 0) is 25.5 Å². The summed E-state index contributed by atoms with van der Waals surface area (Å²) in [6.45, 7) is 7.17. The Kier molecular flexibility index (Phi) is 6.02. The number of para-hydroxylation sites is 1. The van der Waals surface area contributed by atoms with Crippen molar-refractivity contribution in [2.24, 2.45) is 0 Å². The van der Waals surface area contributed by atoms with Crippen molar-refractivity contribution in [2.75, 3.05) is 45.3 Å². The molecule has 0 saturated carbocycles. The highest BCUT2D eigenvalue weighted by molar-refractivity contribution is 7.86. The van der Waals surface area contributed by atoms with E-state index in [9.17, 15) is 8.42 Å². The van der Waals surface area contributed by atoms with Crippen molar-refractivity contribution >= 4 is 15.9 Å². The Morgan fingerprint density at radius 2 is 1.78 bits per heavy atom. The van der Waals surface area contributed by atoms with Gasteiger partial charge < -0.3 is 9.64 Å². The second-order valence-corrected chi connectivity index (χ2v) is 8.20. The topological polar surface area (TPSA) is 53.1 Å². The lowest BCUT2D eigenvalue weighted by Crippen LogP contribution is -2.43. The van der Waals surface area contributed by atoms with Gasteiger partial charge in [-0.1, -0.05) is 18.2 Å². The predicted octanol–water partition coefficient (Wildman–Crippen LogP) is 1.54. The van der Waals surface area contributed by atoms with E-state index in [4.69, 9.17) is 4.74 Å². The summed E-state index contributed by atoms with van der Waals surface area (Å²) in [4.78, 5) is 2.26. The van der Waals surface area contributed by atoms with Gasteiger partial charge >= 0.3 is 0 Å². The van der Waals surface area contributed by atoms with Crippen molar-refractivity contribution in [1.82, 2.24) is 8.61 Å². The maximum atomic E-state index is 12.6.